The molecule has 5 rings (SSSR count). The maximum absolute atomic E-state index is 6.03. The number of hydrogen-bond acceptors (Lipinski definition) is 6. The van der Waals surface area contributed by atoms with Crippen LogP contribution in [0.15, 0.2) is 24.3 Å². The summed E-state index contributed by atoms with van der Waals surface area (Å²) in [5.74, 6) is 2.09. The molecule has 1 aromatic carbocycles. The second-order valence-corrected chi connectivity index (χ2v) is 7.42. The van der Waals surface area contributed by atoms with Gasteiger partial charge in [-0.3, -0.25) is 4.90 Å². The van der Waals surface area contributed by atoms with E-state index in [4.69, 9.17) is 14.7 Å². The lowest BCUT2D eigenvalue weighted by Gasteiger charge is -2.33. The summed E-state index contributed by atoms with van der Waals surface area (Å²) < 4.78 is 6.03. The Morgan fingerprint density at radius 1 is 0.920 bits per heavy atom. The molecule has 0 N–H and O–H groups in total. The Hall–Kier alpha value is -1.92. The average molecular weight is 339 g/mol. The van der Waals surface area contributed by atoms with Crippen LogP contribution in [-0.4, -0.2) is 73.4 Å². The predicted octanol–water partition coefficient (Wildman–Crippen LogP) is 1.75. The van der Waals surface area contributed by atoms with Gasteiger partial charge in [0.1, 0.15) is 0 Å². The van der Waals surface area contributed by atoms with Gasteiger partial charge in [-0.15, -0.1) is 0 Å². The molecule has 0 unspecified atom stereocenters. The summed E-state index contributed by atoms with van der Waals surface area (Å²) in [5.41, 5.74) is 1.96. The van der Waals surface area contributed by atoms with Crippen LogP contribution in [0.3, 0.4) is 0 Å². The lowest BCUT2D eigenvalue weighted by atomic mass is 10.1. The number of benzene rings is 1. The molecule has 0 saturated carbocycles. The third-order valence-electron chi connectivity index (χ3n) is 5.82. The Kier molecular flexibility index (Phi) is 3.75. The summed E-state index contributed by atoms with van der Waals surface area (Å²) in [6, 6.07) is 8.65. The number of rotatable bonds is 2. The highest BCUT2D eigenvalue weighted by atomic mass is 16.5. The van der Waals surface area contributed by atoms with Crippen LogP contribution in [0.4, 0.5) is 11.6 Å². The zero-order valence-electron chi connectivity index (χ0n) is 14.8. The molecule has 6 nitrogen and oxygen atoms in total. The van der Waals surface area contributed by atoms with Gasteiger partial charge < -0.3 is 14.5 Å². The fourth-order valence-electron chi connectivity index (χ4n) is 4.37. The van der Waals surface area contributed by atoms with Crippen LogP contribution < -0.4 is 9.80 Å². The Bertz CT molecular complexity index is 775. The zero-order chi connectivity index (χ0) is 16.8. The molecule has 3 aliphatic rings. The second-order valence-electron chi connectivity index (χ2n) is 7.42. The highest BCUT2D eigenvalue weighted by Gasteiger charge is 2.40. The molecule has 0 amide bonds. The van der Waals surface area contributed by atoms with Crippen molar-refractivity contribution in [2.75, 3.05) is 56.2 Å². The van der Waals surface area contributed by atoms with Gasteiger partial charge in [0.15, 0.2) is 11.6 Å². The van der Waals surface area contributed by atoms with Gasteiger partial charge in [0, 0.05) is 32.7 Å². The predicted molar refractivity (Wildman–Crippen MR) is 99.4 cm³/mol. The number of nitrogens with zero attached hydrogens (tertiary/aromatic N) is 5. The summed E-state index contributed by atoms with van der Waals surface area (Å²) in [5, 5.41) is 0. The van der Waals surface area contributed by atoms with Crippen molar-refractivity contribution >= 4 is 22.7 Å². The van der Waals surface area contributed by atoms with Crippen molar-refractivity contribution in [2.24, 2.45) is 0 Å². The van der Waals surface area contributed by atoms with Crippen LogP contribution in [0.5, 0.6) is 0 Å². The normalized spacial score (nSPS) is 27.2. The van der Waals surface area contributed by atoms with Crippen LogP contribution in [-0.2, 0) is 4.74 Å². The number of aromatic nitrogens is 2. The molecule has 4 heterocycles. The first kappa shape index (κ1) is 15.3. The van der Waals surface area contributed by atoms with Crippen LogP contribution >= 0.6 is 0 Å². The molecule has 0 bridgehead atoms. The molecule has 3 aliphatic heterocycles. The maximum atomic E-state index is 6.03. The summed E-state index contributed by atoms with van der Waals surface area (Å²) >= 11 is 0. The van der Waals surface area contributed by atoms with Crippen molar-refractivity contribution in [3.63, 3.8) is 0 Å². The fraction of sp³-hybridized carbons (Fsp3) is 0.579. The number of likely N-dealkylation sites (N-methyl/N-ethyl adjacent to an activating group) is 1. The first-order valence-corrected chi connectivity index (χ1v) is 9.38. The van der Waals surface area contributed by atoms with Crippen molar-refractivity contribution in [1.82, 2.24) is 14.9 Å². The van der Waals surface area contributed by atoms with E-state index in [1.54, 1.807) is 0 Å². The van der Waals surface area contributed by atoms with E-state index >= 15 is 0 Å². The number of morpholine rings is 1. The molecule has 6 heteroatoms. The van der Waals surface area contributed by atoms with E-state index in [1.807, 2.05) is 12.1 Å². The Labute approximate surface area is 148 Å². The molecule has 2 aromatic rings. The summed E-state index contributed by atoms with van der Waals surface area (Å²) in [4.78, 5) is 17.3. The van der Waals surface area contributed by atoms with Crippen LogP contribution in [0, 0.1) is 0 Å². The number of hydrogen-bond donors (Lipinski definition) is 0. The van der Waals surface area contributed by atoms with Gasteiger partial charge in [0.2, 0.25) is 0 Å². The van der Waals surface area contributed by atoms with Gasteiger partial charge in [-0.2, -0.15) is 0 Å². The van der Waals surface area contributed by atoms with Crippen molar-refractivity contribution in [3.05, 3.63) is 24.3 Å². The highest BCUT2D eigenvalue weighted by Crippen LogP contribution is 2.34. The third kappa shape index (κ3) is 2.64. The second kappa shape index (κ2) is 6.11. The molecule has 2 atom stereocenters. The van der Waals surface area contributed by atoms with Gasteiger partial charge in [-0.25, -0.2) is 9.97 Å². The first-order chi connectivity index (χ1) is 12.3. The van der Waals surface area contributed by atoms with Gasteiger partial charge >= 0.3 is 0 Å². The number of anilines is 2. The van der Waals surface area contributed by atoms with Gasteiger partial charge in [0.25, 0.3) is 0 Å². The topological polar surface area (TPSA) is 44.7 Å². The Morgan fingerprint density at radius 2 is 1.60 bits per heavy atom. The molecular formula is C19H25N5O. The highest BCUT2D eigenvalue weighted by molar-refractivity contribution is 5.81. The standard InChI is InChI=1S/C19H25N5O/c1-22-10-11-25-17-13-24(12-16(17)22)19-18(23-8-4-5-9-23)20-14-6-2-3-7-15(14)21-19/h2-3,6-7,16-17H,4-5,8-13H2,1H3/t16-,17-/m0/s1. The quantitative estimate of drug-likeness (QED) is 0.831. The van der Waals surface area contributed by atoms with E-state index in [1.165, 1.54) is 12.8 Å². The molecule has 25 heavy (non-hydrogen) atoms. The van der Waals surface area contributed by atoms with E-state index in [0.29, 0.717) is 6.04 Å². The minimum absolute atomic E-state index is 0.276. The SMILES string of the molecule is CN1CCO[C@H]2CN(c3nc4ccccc4nc3N3CCCC3)C[C@@H]21. The lowest BCUT2D eigenvalue weighted by molar-refractivity contribution is -0.0362. The van der Waals surface area contributed by atoms with E-state index in [9.17, 15) is 0 Å². The Morgan fingerprint density at radius 3 is 2.28 bits per heavy atom. The fourth-order valence-corrected chi connectivity index (χ4v) is 4.37. The van der Waals surface area contributed by atoms with Gasteiger partial charge in [-0.1, -0.05) is 12.1 Å². The van der Waals surface area contributed by atoms with Gasteiger partial charge in [0.05, 0.1) is 29.8 Å². The van der Waals surface area contributed by atoms with E-state index in [0.717, 1.165) is 62.0 Å². The van der Waals surface area contributed by atoms with Crippen LogP contribution in [0.1, 0.15) is 12.8 Å². The summed E-state index contributed by atoms with van der Waals surface area (Å²) in [7, 11) is 2.21. The molecule has 0 aliphatic carbocycles. The average Bonchev–Trinajstić information content (AvgIpc) is 3.31. The summed E-state index contributed by atoms with van der Waals surface area (Å²) in [6.07, 6.45) is 2.76. The minimum Gasteiger partial charge on any atom is -0.373 e. The molecule has 1 aromatic heterocycles. The zero-order valence-corrected chi connectivity index (χ0v) is 14.8. The van der Waals surface area contributed by atoms with Crippen molar-refractivity contribution in [1.29, 1.82) is 0 Å². The Balaban J connectivity index is 1.56. The molecule has 0 radical (unpaired) electrons. The van der Waals surface area contributed by atoms with Crippen molar-refractivity contribution < 1.29 is 4.74 Å². The minimum atomic E-state index is 0.276. The van der Waals surface area contributed by atoms with Crippen molar-refractivity contribution in [2.45, 2.75) is 25.0 Å². The number of ether oxygens (including phenoxy) is 1. The van der Waals surface area contributed by atoms with Crippen LogP contribution in [0.25, 0.3) is 11.0 Å². The van der Waals surface area contributed by atoms with Crippen molar-refractivity contribution in [3.8, 4) is 0 Å². The van der Waals surface area contributed by atoms with E-state index in [2.05, 4.69) is 33.9 Å². The molecule has 0 spiro atoms. The van der Waals surface area contributed by atoms with Gasteiger partial charge in [-0.05, 0) is 32.0 Å². The molecular weight excluding hydrogens is 314 g/mol. The third-order valence-corrected chi connectivity index (χ3v) is 5.82. The lowest BCUT2D eigenvalue weighted by Crippen LogP contribution is -2.48. The molecule has 3 saturated heterocycles. The first-order valence-electron chi connectivity index (χ1n) is 9.38. The number of fused-ring (bicyclic) bond motifs is 2. The molecule has 132 valence electrons. The smallest absolute Gasteiger partial charge is 0.172 e. The summed E-state index contributed by atoms with van der Waals surface area (Å²) in [6.45, 7) is 5.87. The maximum Gasteiger partial charge on any atom is 0.172 e. The van der Waals surface area contributed by atoms with E-state index in [-0.39, 0.29) is 6.10 Å². The van der Waals surface area contributed by atoms with E-state index < -0.39 is 0 Å². The largest absolute Gasteiger partial charge is 0.373 e. The van der Waals surface area contributed by atoms with Crippen LogP contribution in [0.2, 0.25) is 0 Å². The molecule has 3 fully saturated rings. The number of para-hydroxylation sites is 2. The monoisotopic (exact) mass is 339 g/mol.